The van der Waals surface area contributed by atoms with Gasteiger partial charge in [-0.25, -0.2) is 31.8 Å². The molecule has 1 atom stereocenters. The molecule has 42 heavy (non-hydrogen) atoms. The van der Waals surface area contributed by atoms with Gasteiger partial charge < -0.3 is 30.3 Å². The zero-order valence-corrected chi connectivity index (χ0v) is 24.3. The first-order valence-corrected chi connectivity index (χ1v) is 14.5. The highest BCUT2D eigenvalue weighted by Crippen LogP contribution is 2.26. The molecule has 1 amide bonds. The van der Waals surface area contributed by atoms with Gasteiger partial charge >= 0.3 is 12.1 Å². The largest absolute Gasteiger partial charge is 0.480 e. The number of aromatic nitrogens is 2. The molecule has 0 saturated carbocycles. The molecule has 1 unspecified atom stereocenters. The number of carbonyl (C=O) groups excluding carboxylic acids is 1. The number of benzene rings is 2. The van der Waals surface area contributed by atoms with Crippen LogP contribution in [0.3, 0.4) is 0 Å². The van der Waals surface area contributed by atoms with Gasteiger partial charge in [-0.3, -0.25) is 0 Å². The summed E-state index contributed by atoms with van der Waals surface area (Å²) in [6, 6.07) is 7.74. The first-order valence-electron chi connectivity index (χ1n) is 12.9. The minimum Gasteiger partial charge on any atom is -0.480 e. The summed E-state index contributed by atoms with van der Waals surface area (Å²) < 4.78 is 59.1. The Kier molecular flexibility index (Phi) is 10.6. The number of ether oxygens (including phenoxy) is 1. The van der Waals surface area contributed by atoms with E-state index in [0.29, 0.717) is 18.7 Å². The maximum Gasteiger partial charge on any atom is 0.414 e. The van der Waals surface area contributed by atoms with Crippen LogP contribution in [0.1, 0.15) is 19.4 Å². The topological polar surface area (TPSA) is 154 Å². The minimum absolute atomic E-state index is 0.00317. The lowest BCUT2D eigenvalue weighted by molar-refractivity contribution is -0.137. The molecule has 3 aromatic rings. The number of amides is 1. The number of carbonyl (C=O) groups is 2. The Labute approximate surface area is 242 Å². The SMILES string of the molecule is CCN(CC)c1ncc(NCS(=O)(=O)c2c(F)cccc2F)c(NC(Cc2ccc(OC(=O)N(C)C)cc2)C(=O)O)n1. The van der Waals surface area contributed by atoms with E-state index in [9.17, 15) is 31.9 Å². The van der Waals surface area contributed by atoms with Crippen LogP contribution in [0.2, 0.25) is 0 Å². The van der Waals surface area contributed by atoms with Crippen LogP contribution in [0, 0.1) is 11.6 Å². The van der Waals surface area contributed by atoms with E-state index in [-0.39, 0.29) is 29.6 Å². The number of carboxylic acids is 1. The van der Waals surface area contributed by atoms with E-state index in [2.05, 4.69) is 20.6 Å². The molecule has 0 bridgehead atoms. The highest BCUT2D eigenvalue weighted by atomic mass is 32.2. The summed E-state index contributed by atoms with van der Waals surface area (Å²) in [4.78, 5) is 34.6. The molecule has 0 aliphatic rings. The quantitative estimate of drug-likeness (QED) is 0.261. The van der Waals surface area contributed by atoms with E-state index >= 15 is 0 Å². The molecule has 1 aromatic heterocycles. The number of carboxylic acid groups (broad SMARTS) is 1. The number of nitrogens with zero attached hydrogens (tertiary/aromatic N) is 4. The second-order valence-electron chi connectivity index (χ2n) is 9.24. The molecule has 15 heteroatoms. The van der Waals surface area contributed by atoms with Gasteiger partial charge in [0.2, 0.25) is 15.8 Å². The third-order valence-electron chi connectivity index (χ3n) is 6.05. The van der Waals surface area contributed by atoms with Gasteiger partial charge in [0.15, 0.2) is 5.82 Å². The van der Waals surface area contributed by atoms with Crippen LogP contribution in [0.5, 0.6) is 5.75 Å². The number of nitrogens with one attached hydrogen (secondary N) is 2. The molecule has 3 rings (SSSR count). The van der Waals surface area contributed by atoms with Gasteiger partial charge in [0.05, 0.1) is 11.9 Å². The van der Waals surface area contributed by atoms with E-state index in [1.807, 2.05) is 13.8 Å². The summed E-state index contributed by atoms with van der Waals surface area (Å²) in [6.45, 7) is 4.83. The van der Waals surface area contributed by atoms with Crippen LogP contribution < -0.4 is 20.3 Å². The van der Waals surface area contributed by atoms with E-state index < -0.39 is 50.3 Å². The van der Waals surface area contributed by atoms with Crippen molar-refractivity contribution in [2.45, 2.75) is 31.2 Å². The summed E-state index contributed by atoms with van der Waals surface area (Å²) in [5.74, 6) is -4.12. The third-order valence-corrected chi connectivity index (χ3v) is 7.58. The smallest absolute Gasteiger partial charge is 0.414 e. The molecular weight excluding hydrogens is 574 g/mol. The average molecular weight is 607 g/mol. The number of anilines is 3. The number of hydrogen-bond acceptors (Lipinski definition) is 10. The van der Waals surface area contributed by atoms with Crippen LogP contribution in [0.4, 0.5) is 31.0 Å². The van der Waals surface area contributed by atoms with E-state index in [0.717, 1.165) is 18.2 Å². The molecule has 2 aromatic carbocycles. The van der Waals surface area contributed by atoms with Crippen molar-refractivity contribution < 1.29 is 36.6 Å². The zero-order valence-electron chi connectivity index (χ0n) is 23.5. The fraction of sp³-hybridized carbons (Fsp3) is 0.333. The molecule has 0 aliphatic heterocycles. The molecular formula is C27H32F2N6O6S. The molecule has 0 spiro atoms. The van der Waals surface area contributed by atoms with Crippen molar-refractivity contribution in [3.05, 3.63) is 65.9 Å². The molecule has 226 valence electrons. The van der Waals surface area contributed by atoms with Gasteiger partial charge in [0.25, 0.3) is 0 Å². The lowest BCUT2D eigenvalue weighted by Gasteiger charge is -2.22. The van der Waals surface area contributed by atoms with Crippen molar-refractivity contribution in [2.24, 2.45) is 0 Å². The van der Waals surface area contributed by atoms with Crippen LogP contribution >= 0.6 is 0 Å². The summed E-state index contributed by atoms with van der Waals surface area (Å²) in [5, 5.41) is 15.4. The first kappa shape index (κ1) is 32.0. The fourth-order valence-electron chi connectivity index (χ4n) is 3.78. The van der Waals surface area contributed by atoms with E-state index in [1.54, 1.807) is 17.0 Å². The predicted molar refractivity (Wildman–Crippen MR) is 153 cm³/mol. The van der Waals surface area contributed by atoms with Crippen molar-refractivity contribution in [2.75, 3.05) is 48.6 Å². The molecule has 3 N–H and O–H groups in total. The van der Waals surface area contributed by atoms with Crippen molar-refractivity contribution in [3.63, 3.8) is 0 Å². The Morgan fingerprint density at radius 2 is 1.67 bits per heavy atom. The Bertz CT molecular complexity index is 1500. The standard InChI is InChI=1S/C27H32F2N6O6S/c1-5-35(6-2)26-30-15-22(31-16-42(39,40)23-19(28)8-7-9-20(23)29)24(33-26)32-21(25(36)37)14-17-10-12-18(13-11-17)41-27(38)34(3)4/h7-13,15,21,31H,5-6,14,16H2,1-4H3,(H,36,37)(H,30,32,33). The fourth-order valence-corrected chi connectivity index (χ4v) is 5.00. The molecule has 0 saturated heterocycles. The summed E-state index contributed by atoms with van der Waals surface area (Å²) in [6.07, 6.45) is 0.670. The van der Waals surface area contributed by atoms with Crippen molar-refractivity contribution in [1.82, 2.24) is 14.9 Å². The normalized spacial score (nSPS) is 11.9. The molecule has 0 fully saturated rings. The maximum absolute atomic E-state index is 14.2. The van der Waals surface area contributed by atoms with Crippen molar-refractivity contribution in [1.29, 1.82) is 0 Å². The number of sulfone groups is 1. The van der Waals surface area contributed by atoms with E-state index in [4.69, 9.17) is 4.74 Å². The van der Waals surface area contributed by atoms with Crippen molar-refractivity contribution in [3.8, 4) is 5.75 Å². The van der Waals surface area contributed by atoms with Gasteiger partial charge in [-0.1, -0.05) is 18.2 Å². The Morgan fingerprint density at radius 3 is 2.21 bits per heavy atom. The van der Waals surface area contributed by atoms with Gasteiger partial charge in [0, 0.05) is 33.6 Å². The Balaban J connectivity index is 1.89. The Morgan fingerprint density at radius 1 is 1.05 bits per heavy atom. The molecule has 1 heterocycles. The number of halogens is 2. The highest BCUT2D eigenvalue weighted by molar-refractivity contribution is 7.91. The maximum atomic E-state index is 14.2. The van der Waals surface area contributed by atoms with Crippen molar-refractivity contribution >= 4 is 39.4 Å². The monoisotopic (exact) mass is 606 g/mol. The first-order chi connectivity index (χ1) is 19.9. The zero-order chi connectivity index (χ0) is 31.0. The van der Waals surface area contributed by atoms with Crippen LogP contribution in [-0.4, -0.2) is 79.6 Å². The lowest BCUT2D eigenvalue weighted by Crippen LogP contribution is -2.33. The van der Waals surface area contributed by atoms with Crippen LogP contribution in [-0.2, 0) is 21.1 Å². The highest BCUT2D eigenvalue weighted by Gasteiger charge is 2.26. The Hall–Kier alpha value is -4.53. The molecule has 12 nitrogen and oxygen atoms in total. The average Bonchev–Trinajstić information content (AvgIpc) is 2.93. The minimum atomic E-state index is -4.49. The van der Waals surface area contributed by atoms with Gasteiger partial charge in [-0.15, -0.1) is 0 Å². The number of hydrogen-bond donors (Lipinski definition) is 3. The number of rotatable bonds is 13. The van der Waals surface area contributed by atoms with Crippen LogP contribution in [0.15, 0.2) is 53.6 Å². The van der Waals surface area contributed by atoms with Crippen LogP contribution in [0.25, 0.3) is 0 Å². The predicted octanol–water partition coefficient (Wildman–Crippen LogP) is 3.61. The summed E-state index contributed by atoms with van der Waals surface area (Å²) in [7, 11) is -1.42. The molecule has 0 radical (unpaired) electrons. The van der Waals surface area contributed by atoms with Gasteiger partial charge in [0.1, 0.15) is 34.2 Å². The lowest BCUT2D eigenvalue weighted by atomic mass is 10.1. The second-order valence-corrected chi connectivity index (χ2v) is 11.2. The number of aliphatic carboxylic acids is 1. The molecule has 0 aliphatic carbocycles. The summed E-state index contributed by atoms with van der Waals surface area (Å²) >= 11 is 0. The van der Waals surface area contributed by atoms with E-state index in [1.165, 1.54) is 37.3 Å². The second kappa shape index (κ2) is 13.9. The third kappa shape index (κ3) is 8.02. The van der Waals surface area contributed by atoms with Gasteiger partial charge in [-0.2, -0.15) is 4.98 Å². The van der Waals surface area contributed by atoms with Gasteiger partial charge in [-0.05, 0) is 43.7 Å². The summed E-state index contributed by atoms with van der Waals surface area (Å²) in [5.41, 5.74) is 0.591.